The molecule has 0 saturated heterocycles. The second-order valence-corrected chi connectivity index (χ2v) is 11.2. The van der Waals surface area contributed by atoms with E-state index in [1.165, 1.54) is 38.2 Å². The van der Waals surface area contributed by atoms with Crippen LogP contribution in [-0.4, -0.2) is 0 Å². The van der Waals surface area contributed by atoms with E-state index in [9.17, 15) is 0 Å². The van der Waals surface area contributed by atoms with Crippen LogP contribution in [0, 0.1) is 0 Å². The molecule has 3 heteroatoms. The Labute approximate surface area is 245 Å². The van der Waals surface area contributed by atoms with Gasteiger partial charge in [0.1, 0.15) is 27.9 Å². The van der Waals surface area contributed by atoms with Crippen molar-refractivity contribution in [3.63, 3.8) is 0 Å². The predicted molar refractivity (Wildman–Crippen MR) is 177 cm³/mol. The average molecular weight is 551 g/mol. The number of hydrogen-bond acceptors (Lipinski definition) is 3. The third-order valence-corrected chi connectivity index (χ3v) is 8.94. The standard InChI is InChI=1S/C40H22O3/c1-3-11-26-24(9-1)37(29-14-7-17-33-39(29)28-13-5-6-16-32(28)42-33)25-10-2-4-12-27(25)38(26)30-15-8-18-34-40(30)31-22-35-23(19-20-41-35)21-36(31)43-34/h1-22H. The Balaban J connectivity index is 1.38. The van der Waals surface area contributed by atoms with Crippen LogP contribution in [0.5, 0.6) is 0 Å². The second-order valence-electron chi connectivity index (χ2n) is 11.2. The zero-order chi connectivity index (χ0) is 28.1. The molecule has 0 spiro atoms. The van der Waals surface area contributed by atoms with Crippen LogP contribution >= 0.6 is 0 Å². The van der Waals surface area contributed by atoms with Crippen LogP contribution in [0.25, 0.3) is 98.6 Å². The average Bonchev–Trinajstić information content (AvgIpc) is 3.77. The molecule has 0 atom stereocenters. The van der Waals surface area contributed by atoms with Crippen molar-refractivity contribution >= 4 is 76.4 Å². The molecule has 0 N–H and O–H groups in total. The maximum atomic E-state index is 6.44. The van der Waals surface area contributed by atoms with Gasteiger partial charge < -0.3 is 13.3 Å². The predicted octanol–water partition coefficient (Wildman–Crippen LogP) is 11.9. The first-order valence-corrected chi connectivity index (χ1v) is 14.5. The van der Waals surface area contributed by atoms with E-state index in [1.807, 2.05) is 18.2 Å². The highest BCUT2D eigenvalue weighted by Crippen LogP contribution is 2.49. The van der Waals surface area contributed by atoms with Gasteiger partial charge in [-0.05, 0) is 80.2 Å². The van der Waals surface area contributed by atoms with Crippen molar-refractivity contribution in [3.8, 4) is 22.3 Å². The van der Waals surface area contributed by atoms with Gasteiger partial charge in [-0.25, -0.2) is 0 Å². The van der Waals surface area contributed by atoms with Gasteiger partial charge >= 0.3 is 0 Å². The lowest BCUT2D eigenvalue weighted by atomic mass is 9.84. The number of fused-ring (bicyclic) bond motifs is 9. The molecule has 0 aliphatic rings. The van der Waals surface area contributed by atoms with Crippen molar-refractivity contribution in [3.05, 3.63) is 134 Å². The summed E-state index contributed by atoms with van der Waals surface area (Å²) in [5.74, 6) is 0. The molecule has 0 aliphatic carbocycles. The van der Waals surface area contributed by atoms with Gasteiger partial charge in [0.25, 0.3) is 0 Å². The molecule has 0 bridgehead atoms. The minimum absolute atomic E-state index is 0.857. The summed E-state index contributed by atoms with van der Waals surface area (Å²) in [5, 5.41) is 10.3. The Kier molecular flexibility index (Phi) is 4.45. The molecule has 7 aromatic carbocycles. The minimum Gasteiger partial charge on any atom is -0.464 e. The topological polar surface area (TPSA) is 39.4 Å². The molecule has 3 nitrogen and oxygen atoms in total. The van der Waals surface area contributed by atoms with Crippen LogP contribution in [0.4, 0.5) is 0 Å². The molecule has 3 aromatic heterocycles. The van der Waals surface area contributed by atoms with Gasteiger partial charge in [-0.1, -0.05) is 91.0 Å². The Hall–Kier alpha value is -5.80. The Bertz CT molecular complexity index is 2680. The first kappa shape index (κ1) is 22.8. The first-order chi connectivity index (χ1) is 21.3. The number of furan rings is 3. The van der Waals surface area contributed by atoms with Gasteiger partial charge in [0.05, 0.1) is 6.26 Å². The summed E-state index contributed by atoms with van der Waals surface area (Å²) in [7, 11) is 0. The largest absolute Gasteiger partial charge is 0.464 e. The van der Waals surface area contributed by atoms with E-state index >= 15 is 0 Å². The molecule has 43 heavy (non-hydrogen) atoms. The molecule has 0 unspecified atom stereocenters. The minimum atomic E-state index is 0.857. The summed E-state index contributed by atoms with van der Waals surface area (Å²) in [6.45, 7) is 0. The lowest BCUT2D eigenvalue weighted by Gasteiger charge is -2.18. The molecule has 10 rings (SSSR count). The molecule has 0 saturated carbocycles. The van der Waals surface area contributed by atoms with Crippen molar-refractivity contribution in [2.24, 2.45) is 0 Å². The molecule has 0 radical (unpaired) electrons. The normalized spacial score (nSPS) is 12.2. The lowest BCUT2D eigenvalue weighted by molar-refractivity contribution is 0.616. The summed E-state index contributed by atoms with van der Waals surface area (Å²) in [6.07, 6.45) is 1.73. The number of rotatable bonds is 2. The van der Waals surface area contributed by atoms with Crippen LogP contribution in [0.2, 0.25) is 0 Å². The second kappa shape index (κ2) is 8.37. The van der Waals surface area contributed by atoms with Gasteiger partial charge in [-0.2, -0.15) is 0 Å². The maximum Gasteiger partial charge on any atom is 0.136 e. The Morgan fingerprint density at radius 2 is 0.860 bits per heavy atom. The van der Waals surface area contributed by atoms with Crippen molar-refractivity contribution in [1.82, 2.24) is 0 Å². The van der Waals surface area contributed by atoms with Crippen molar-refractivity contribution < 1.29 is 13.3 Å². The van der Waals surface area contributed by atoms with E-state index in [4.69, 9.17) is 13.3 Å². The molecular formula is C40H22O3. The van der Waals surface area contributed by atoms with E-state index in [1.54, 1.807) is 6.26 Å². The fraction of sp³-hybridized carbons (Fsp3) is 0. The third kappa shape index (κ3) is 3.08. The first-order valence-electron chi connectivity index (χ1n) is 14.5. The fourth-order valence-electron chi connectivity index (χ4n) is 7.18. The monoisotopic (exact) mass is 550 g/mol. The number of benzene rings is 7. The number of hydrogen-bond donors (Lipinski definition) is 0. The molecule has 3 heterocycles. The molecular weight excluding hydrogens is 528 g/mol. The molecule has 10 aromatic rings. The molecule has 0 amide bonds. The summed E-state index contributed by atoms with van der Waals surface area (Å²) in [4.78, 5) is 0. The van der Waals surface area contributed by atoms with E-state index < -0.39 is 0 Å². The van der Waals surface area contributed by atoms with Crippen LogP contribution in [0.3, 0.4) is 0 Å². The molecule has 0 fully saturated rings. The van der Waals surface area contributed by atoms with E-state index in [0.29, 0.717) is 0 Å². The molecule has 200 valence electrons. The summed E-state index contributed by atoms with van der Waals surface area (Å²) < 4.78 is 18.6. The highest BCUT2D eigenvalue weighted by Gasteiger charge is 2.22. The van der Waals surface area contributed by atoms with E-state index in [2.05, 4.69) is 109 Å². The SMILES string of the molecule is c1ccc2c(c1)oc1cccc(-c3c4ccccc4c(-c4cccc5oc6cc7ccoc7cc6c45)c4ccccc34)c12. The Morgan fingerprint density at radius 3 is 1.49 bits per heavy atom. The van der Waals surface area contributed by atoms with Crippen molar-refractivity contribution in [2.45, 2.75) is 0 Å². The quantitative estimate of drug-likeness (QED) is 0.201. The van der Waals surface area contributed by atoms with Gasteiger partial charge in [0.15, 0.2) is 0 Å². The summed E-state index contributed by atoms with van der Waals surface area (Å²) in [6, 6.07) is 44.8. The van der Waals surface area contributed by atoms with Gasteiger partial charge in [0, 0.05) is 26.9 Å². The van der Waals surface area contributed by atoms with Crippen molar-refractivity contribution in [1.29, 1.82) is 0 Å². The van der Waals surface area contributed by atoms with Crippen molar-refractivity contribution in [2.75, 3.05) is 0 Å². The fourth-order valence-corrected chi connectivity index (χ4v) is 7.18. The maximum absolute atomic E-state index is 6.44. The van der Waals surface area contributed by atoms with Crippen LogP contribution in [0.1, 0.15) is 0 Å². The van der Waals surface area contributed by atoms with Crippen LogP contribution in [-0.2, 0) is 0 Å². The summed E-state index contributed by atoms with van der Waals surface area (Å²) >= 11 is 0. The highest BCUT2D eigenvalue weighted by molar-refractivity contribution is 6.28. The van der Waals surface area contributed by atoms with Gasteiger partial charge in [-0.3, -0.25) is 0 Å². The third-order valence-electron chi connectivity index (χ3n) is 8.94. The lowest BCUT2D eigenvalue weighted by Crippen LogP contribution is -1.91. The number of para-hydroxylation sites is 1. The van der Waals surface area contributed by atoms with Crippen LogP contribution in [0.15, 0.2) is 147 Å². The van der Waals surface area contributed by atoms with Gasteiger partial charge in [0.2, 0.25) is 0 Å². The van der Waals surface area contributed by atoms with E-state index in [-0.39, 0.29) is 0 Å². The Morgan fingerprint density at radius 1 is 0.349 bits per heavy atom. The molecule has 0 aliphatic heterocycles. The smallest absolute Gasteiger partial charge is 0.136 e. The zero-order valence-corrected chi connectivity index (χ0v) is 22.9. The van der Waals surface area contributed by atoms with E-state index in [0.717, 1.165) is 60.4 Å². The highest BCUT2D eigenvalue weighted by atomic mass is 16.3. The van der Waals surface area contributed by atoms with Gasteiger partial charge in [-0.15, -0.1) is 0 Å². The summed E-state index contributed by atoms with van der Waals surface area (Å²) in [5.41, 5.74) is 9.12. The zero-order valence-electron chi connectivity index (χ0n) is 22.9. The van der Waals surface area contributed by atoms with Crippen LogP contribution < -0.4 is 0 Å².